The van der Waals surface area contributed by atoms with E-state index in [2.05, 4.69) is 4.98 Å². The van der Waals surface area contributed by atoms with Crippen molar-refractivity contribution >= 4 is 12.0 Å². The quantitative estimate of drug-likeness (QED) is 0.859. The number of nitrogens with zero attached hydrogens (tertiary/aromatic N) is 2. The molecule has 0 unspecified atom stereocenters. The molecule has 0 saturated carbocycles. The van der Waals surface area contributed by atoms with E-state index in [4.69, 9.17) is 4.74 Å². The number of halogens is 3. The van der Waals surface area contributed by atoms with E-state index in [0.717, 1.165) is 19.4 Å². The molecule has 0 N–H and O–H groups in total. The van der Waals surface area contributed by atoms with E-state index in [1.807, 2.05) is 0 Å². The molecule has 5 nitrogen and oxygen atoms in total. The molecule has 0 aliphatic carbocycles. The predicted octanol–water partition coefficient (Wildman–Crippen LogP) is 3.51. The second kappa shape index (κ2) is 7.12. The Morgan fingerprint density at radius 2 is 1.83 bits per heavy atom. The maximum Gasteiger partial charge on any atom is 0.417 e. The zero-order valence-corrected chi connectivity index (χ0v) is 12.6. The van der Waals surface area contributed by atoms with Gasteiger partial charge in [-0.15, -0.1) is 0 Å². The van der Waals surface area contributed by atoms with E-state index in [-0.39, 0.29) is 6.61 Å². The molecule has 0 radical (unpaired) electrons. The van der Waals surface area contributed by atoms with Crippen molar-refractivity contribution in [1.29, 1.82) is 0 Å². The topological polar surface area (TPSA) is 59.5 Å². The van der Waals surface area contributed by atoms with Crippen molar-refractivity contribution in [2.75, 3.05) is 7.05 Å². The predicted molar refractivity (Wildman–Crippen MR) is 78.0 cm³/mol. The lowest BCUT2D eigenvalue weighted by Crippen LogP contribution is -2.35. The maximum atomic E-state index is 12.9. The zero-order chi connectivity index (χ0) is 17.7. The van der Waals surface area contributed by atoms with Gasteiger partial charge in [0.15, 0.2) is 0 Å². The van der Waals surface area contributed by atoms with E-state index >= 15 is 0 Å². The van der Waals surface area contributed by atoms with Crippen LogP contribution in [0.3, 0.4) is 0 Å². The first-order chi connectivity index (χ1) is 11.3. The van der Waals surface area contributed by atoms with Gasteiger partial charge in [0.1, 0.15) is 6.61 Å². The highest BCUT2D eigenvalue weighted by atomic mass is 19.4. The lowest BCUT2D eigenvalue weighted by Gasteiger charge is -2.18. The van der Waals surface area contributed by atoms with Crippen LogP contribution in [0.2, 0.25) is 0 Å². The number of imide groups is 1. The van der Waals surface area contributed by atoms with Crippen molar-refractivity contribution in [3.05, 3.63) is 65.5 Å². The Labute approximate surface area is 135 Å². The van der Waals surface area contributed by atoms with Crippen molar-refractivity contribution in [3.8, 4) is 0 Å². The molecule has 2 rings (SSSR count). The van der Waals surface area contributed by atoms with Crippen molar-refractivity contribution in [2.24, 2.45) is 0 Å². The average molecular weight is 338 g/mol. The van der Waals surface area contributed by atoms with Crippen LogP contribution in [0.15, 0.2) is 48.8 Å². The number of aromatic nitrogens is 1. The summed E-state index contributed by atoms with van der Waals surface area (Å²) in [6, 6.07) is 9.35. The first-order valence-electron chi connectivity index (χ1n) is 6.80. The van der Waals surface area contributed by atoms with Crippen LogP contribution in [0.1, 0.15) is 21.5 Å². The summed E-state index contributed by atoms with van der Waals surface area (Å²) in [7, 11) is 1.04. The van der Waals surface area contributed by atoms with Crippen molar-refractivity contribution < 1.29 is 27.5 Å². The van der Waals surface area contributed by atoms with Gasteiger partial charge >= 0.3 is 12.3 Å². The molecule has 0 saturated heterocycles. The highest BCUT2D eigenvalue weighted by Crippen LogP contribution is 2.31. The average Bonchev–Trinajstić information content (AvgIpc) is 2.58. The van der Waals surface area contributed by atoms with Crippen LogP contribution in [0.5, 0.6) is 0 Å². The summed E-state index contributed by atoms with van der Waals surface area (Å²) >= 11 is 0. The van der Waals surface area contributed by atoms with Gasteiger partial charge in [-0.25, -0.2) is 9.69 Å². The summed E-state index contributed by atoms with van der Waals surface area (Å²) in [5.41, 5.74) is -1.20. The fraction of sp³-hybridized carbons (Fsp3) is 0.188. The fourth-order valence-electron chi connectivity index (χ4n) is 1.89. The van der Waals surface area contributed by atoms with Crippen molar-refractivity contribution in [1.82, 2.24) is 9.88 Å². The minimum Gasteiger partial charge on any atom is -0.444 e. The Morgan fingerprint density at radius 1 is 1.17 bits per heavy atom. The van der Waals surface area contributed by atoms with Crippen LogP contribution in [-0.2, 0) is 17.5 Å². The molecule has 0 atom stereocenters. The van der Waals surface area contributed by atoms with Gasteiger partial charge in [0.05, 0.1) is 11.1 Å². The van der Waals surface area contributed by atoms with Gasteiger partial charge in [-0.05, 0) is 11.6 Å². The van der Waals surface area contributed by atoms with E-state index in [9.17, 15) is 22.8 Å². The van der Waals surface area contributed by atoms with Gasteiger partial charge in [0.2, 0.25) is 0 Å². The van der Waals surface area contributed by atoms with Crippen molar-refractivity contribution in [2.45, 2.75) is 12.8 Å². The number of hydrogen-bond donors (Lipinski definition) is 0. The molecular formula is C16H13F3N2O3. The number of hydrogen-bond acceptors (Lipinski definition) is 4. The second-order valence-electron chi connectivity index (χ2n) is 4.82. The van der Waals surface area contributed by atoms with Crippen LogP contribution in [0.25, 0.3) is 0 Å². The maximum absolute atomic E-state index is 12.9. The minimum atomic E-state index is -4.73. The molecule has 1 aromatic heterocycles. The number of benzene rings is 1. The SMILES string of the molecule is CN(C(=O)OCc1ccccc1)C(=O)c1cnccc1C(F)(F)F. The van der Waals surface area contributed by atoms with Gasteiger partial charge in [0, 0.05) is 19.4 Å². The van der Waals surface area contributed by atoms with Crippen LogP contribution in [0.4, 0.5) is 18.0 Å². The smallest absolute Gasteiger partial charge is 0.417 e. The molecule has 1 aromatic carbocycles. The minimum absolute atomic E-state index is 0.101. The van der Waals surface area contributed by atoms with Gasteiger partial charge in [-0.3, -0.25) is 9.78 Å². The summed E-state index contributed by atoms with van der Waals surface area (Å²) in [5.74, 6) is -1.14. The molecule has 0 aliphatic rings. The molecule has 0 bridgehead atoms. The molecule has 0 fully saturated rings. The van der Waals surface area contributed by atoms with Crippen LogP contribution in [0, 0.1) is 0 Å². The van der Waals surface area contributed by atoms with E-state index in [1.54, 1.807) is 30.3 Å². The Hall–Kier alpha value is -2.90. The third kappa shape index (κ3) is 4.09. The molecule has 0 aliphatic heterocycles. The van der Waals surface area contributed by atoms with Crippen LogP contribution in [-0.4, -0.2) is 28.9 Å². The molecule has 24 heavy (non-hydrogen) atoms. The Morgan fingerprint density at radius 3 is 2.46 bits per heavy atom. The first kappa shape index (κ1) is 17.5. The molecular weight excluding hydrogens is 325 g/mol. The lowest BCUT2D eigenvalue weighted by molar-refractivity contribution is -0.138. The molecule has 2 aromatic rings. The third-order valence-electron chi connectivity index (χ3n) is 3.14. The Bertz CT molecular complexity index is 733. The Kier molecular flexibility index (Phi) is 5.18. The van der Waals surface area contributed by atoms with Gasteiger partial charge < -0.3 is 4.74 Å². The highest BCUT2D eigenvalue weighted by molar-refractivity contribution is 6.03. The zero-order valence-electron chi connectivity index (χ0n) is 12.6. The molecule has 1 heterocycles. The molecule has 2 amide bonds. The number of rotatable bonds is 3. The molecule has 126 valence electrons. The van der Waals surface area contributed by atoms with E-state index < -0.39 is 29.3 Å². The number of carbonyl (C=O) groups excluding carboxylic acids is 2. The number of alkyl halides is 3. The molecule has 0 spiro atoms. The first-order valence-corrected chi connectivity index (χ1v) is 6.80. The Balaban J connectivity index is 2.11. The summed E-state index contributed by atoms with van der Waals surface area (Å²) in [5, 5.41) is 0. The standard InChI is InChI=1S/C16H13F3N2O3/c1-21(15(23)24-10-11-5-3-2-4-6-11)14(22)12-9-20-8-7-13(12)16(17,18)19/h2-9H,10H2,1H3. The van der Waals surface area contributed by atoms with E-state index in [1.165, 1.54) is 0 Å². The largest absolute Gasteiger partial charge is 0.444 e. The number of pyridine rings is 1. The van der Waals surface area contributed by atoms with Crippen LogP contribution >= 0.6 is 0 Å². The van der Waals surface area contributed by atoms with Crippen molar-refractivity contribution in [3.63, 3.8) is 0 Å². The summed E-state index contributed by atoms with van der Waals surface area (Å²) in [6.45, 7) is -0.101. The second-order valence-corrected chi connectivity index (χ2v) is 4.82. The third-order valence-corrected chi connectivity index (χ3v) is 3.14. The summed E-state index contributed by atoms with van der Waals surface area (Å²) in [6.07, 6.45) is -4.09. The lowest BCUT2D eigenvalue weighted by atomic mass is 10.1. The summed E-state index contributed by atoms with van der Waals surface area (Å²) < 4.78 is 43.7. The monoisotopic (exact) mass is 338 g/mol. The number of carbonyl (C=O) groups is 2. The summed E-state index contributed by atoms with van der Waals surface area (Å²) in [4.78, 5) is 28.0. The fourth-order valence-corrected chi connectivity index (χ4v) is 1.89. The van der Waals surface area contributed by atoms with E-state index in [0.29, 0.717) is 16.5 Å². The van der Waals surface area contributed by atoms with Crippen LogP contribution < -0.4 is 0 Å². The van der Waals surface area contributed by atoms with Gasteiger partial charge in [-0.1, -0.05) is 30.3 Å². The van der Waals surface area contributed by atoms with Gasteiger partial charge in [-0.2, -0.15) is 13.2 Å². The normalized spacial score (nSPS) is 11.0. The number of ether oxygens (including phenoxy) is 1. The van der Waals surface area contributed by atoms with Gasteiger partial charge in [0.25, 0.3) is 5.91 Å². The number of amides is 2. The highest BCUT2D eigenvalue weighted by Gasteiger charge is 2.36. The molecule has 8 heteroatoms.